The summed E-state index contributed by atoms with van der Waals surface area (Å²) < 4.78 is 44.3. The number of hydrogen-bond donors (Lipinski definition) is 1. The number of carbonyl (C=O) groups is 1. The van der Waals surface area contributed by atoms with E-state index >= 15 is 0 Å². The molecule has 3 aliphatic heterocycles. The Morgan fingerprint density at radius 3 is 2.63 bits per heavy atom. The molecule has 0 aliphatic carbocycles. The molecule has 110 valence electrons. The van der Waals surface area contributed by atoms with Crippen molar-refractivity contribution in [2.24, 2.45) is 5.41 Å². The number of carbonyl (C=O) groups excluding carboxylic acids is 1. The molecule has 0 spiro atoms. The van der Waals surface area contributed by atoms with Crippen molar-refractivity contribution >= 4 is 5.78 Å². The number of ketones is 1. The van der Waals surface area contributed by atoms with Gasteiger partial charge < -0.3 is 9.84 Å². The average Bonchev–Trinajstić information content (AvgIpc) is 2.33. The van der Waals surface area contributed by atoms with Gasteiger partial charge in [-0.2, -0.15) is 13.2 Å². The summed E-state index contributed by atoms with van der Waals surface area (Å²) in [6, 6.07) is -1.69. The van der Waals surface area contributed by atoms with Crippen molar-refractivity contribution in [1.82, 2.24) is 4.90 Å². The first-order valence-corrected chi connectivity index (χ1v) is 6.19. The van der Waals surface area contributed by atoms with Crippen LogP contribution in [0.2, 0.25) is 0 Å². The molecule has 0 aromatic rings. The Labute approximate surface area is 109 Å². The summed E-state index contributed by atoms with van der Waals surface area (Å²) in [5.74, 6) is -0.337. The van der Waals surface area contributed by atoms with E-state index in [4.69, 9.17) is 4.74 Å². The van der Waals surface area contributed by atoms with E-state index in [-0.39, 0.29) is 25.4 Å². The maximum absolute atomic E-state index is 13.1. The average molecular weight is 281 g/mol. The van der Waals surface area contributed by atoms with Gasteiger partial charge in [-0.05, 0) is 12.8 Å². The summed E-state index contributed by atoms with van der Waals surface area (Å²) in [7, 11) is 1.32. The molecular weight excluding hydrogens is 263 g/mol. The van der Waals surface area contributed by atoms with Crippen molar-refractivity contribution in [3.05, 3.63) is 0 Å². The standard InChI is InChI=1S/C12H18F3NO3/c1-10-3-4-16(8(5-10)12(13,14)15)11(6-17,7-19-2)9(10)18/h8,17H,3-7H2,1-2H3/t8-,10+,11-/m1/s1. The Balaban J connectivity index is 2.47. The van der Waals surface area contributed by atoms with Crippen LogP contribution in [0.4, 0.5) is 13.2 Å². The zero-order valence-electron chi connectivity index (χ0n) is 11.0. The van der Waals surface area contributed by atoms with Crippen LogP contribution in [0.3, 0.4) is 0 Å². The van der Waals surface area contributed by atoms with Gasteiger partial charge in [0.2, 0.25) is 0 Å². The van der Waals surface area contributed by atoms with E-state index in [2.05, 4.69) is 0 Å². The minimum absolute atomic E-state index is 0.149. The molecule has 3 heterocycles. The summed E-state index contributed by atoms with van der Waals surface area (Å²) in [6.07, 6.45) is -4.25. The molecule has 7 heteroatoms. The number of halogens is 3. The number of rotatable bonds is 3. The van der Waals surface area contributed by atoms with Crippen LogP contribution in [0.1, 0.15) is 19.8 Å². The number of ether oxygens (including phenoxy) is 1. The molecular formula is C12H18F3NO3. The number of alkyl halides is 3. The fraction of sp³-hybridized carbons (Fsp3) is 0.917. The quantitative estimate of drug-likeness (QED) is 0.838. The lowest BCUT2D eigenvalue weighted by Gasteiger charge is -2.59. The van der Waals surface area contributed by atoms with Crippen LogP contribution in [-0.4, -0.2) is 60.4 Å². The van der Waals surface area contributed by atoms with E-state index in [0.29, 0.717) is 6.42 Å². The molecule has 3 aliphatic rings. The van der Waals surface area contributed by atoms with Gasteiger partial charge in [0.25, 0.3) is 0 Å². The van der Waals surface area contributed by atoms with Crippen molar-refractivity contribution in [2.75, 3.05) is 26.9 Å². The fourth-order valence-electron chi connectivity index (χ4n) is 3.46. The van der Waals surface area contributed by atoms with Gasteiger partial charge >= 0.3 is 6.18 Å². The van der Waals surface area contributed by atoms with Gasteiger partial charge in [0.15, 0.2) is 5.78 Å². The molecule has 4 atom stereocenters. The van der Waals surface area contributed by atoms with Gasteiger partial charge in [0, 0.05) is 19.1 Å². The molecule has 3 fully saturated rings. The lowest BCUT2D eigenvalue weighted by molar-refractivity contribution is -0.244. The van der Waals surface area contributed by atoms with Crippen LogP contribution >= 0.6 is 0 Å². The first kappa shape index (κ1) is 14.7. The topological polar surface area (TPSA) is 49.8 Å². The zero-order chi connectivity index (χ0) is 14.5. The van der Waals surface area contributed by atoms with Crippen LogP contribution in [-0.2, 0) is 9.53 Å². The van der Waals surface area contributed by atoms with Crippen LogP contribution < -0.4 is 0 Å². The van der Waals surface area contributed by atoms with E-state index in [1.54, 1.807) is 6.92 Å². The lowest BCUT2D eigenvalue weighted by Crippen LogP contribution is -2.76. The van der Waals surface area contributed by atoms with E-state index in [0.717, 1.165) is 4.90 Å². The number of fused-ring (bicyclic) bond motifs is 3. The van der Waals surface area contributed by atoms with E-state index in [1.807, 2.05) is 0 Å². The second kappa shape index (κ2) is 4.43. The predicted octanol–water partition coefficient (Wildman–Crippen LogP) is 0.980. The highest BCUT2D eigenvalue weighted by Gasteiger charge is 2.66. The van der Waals surface area contributed by atoms with Gasteiger partial charge in [-0.1, -0.05) is 6.92 Å². The van der Waals surface area contributed by atoms with Crippen LogP contribution in [0.25, 0.3) is 0 Å². The zero-order valence-corrected chi connectivity index (χ0v) is 11.0. The van der Waals surface area contributed by atoms with E-state index in [9.17, 15) is 23.1 Å². The van der Waals surface area contributed by atoms with Crippen LogP contribution in [0.5, 0.6) is 0 Å². The Morgan fingerprint density at radius 1 is 1.53 bits per heavy atom. The molecule has 0 aromatic carbocycles. The maximum atomic E-state index is 13.1. The molecule has 3 rings (SSSR count). The molecule has 3 saturated heterocycles. The fourth-order valence-corrected chi connectivity index (χ4v) is 3.46. The monoisotopic (exact) mass is 281 g/mol. The number of hydrogen-bond acceptors (Lipinski definition) is 4. The second-order valence-electron chi connectivity index (χ2n) is 5.72. The molecule has 0 saturated carbocycles. The smallest absolute Gasteiger partial charge is 0.394 e. The first-order chi connectivity index (χ1) is 8.71. The normalized spacial score (nSPS) is 42.7. The highest BCUT2D eigenvalue weighted by Crippen LogP contribution is 2.51. The molecule has 4 nitrogen and oxygen atoms in total. The van der Waals surface area contributed by atoms with E-state index < -0.39 is 29.8 Å². The van der Waals surface area contributed by atoms with Crippen LogP contribution in [0.15, 0.2) is 0 Å². The summed E-state index contributed by atoms with van der Waals surface area (Å²) in [4.78, 5) is 13.6. The summed E-state index contributed by atoms with van der Waals surface area (Å²) in [5.41, 5.74) is -2.59. The molecule has 0 aromatic heterocycles. The SMILES string of the molecule is COC[C@]1(CO)C(=O)[C@@]2(C)CCN1[C@@H](C(F)(F)F)C2. The largest absolute Gasteiger partial charge is 0.404 e. The minimum Gasteiger partial charge on any atom is -0.394 e. The van der Waals surface area contributed by atoms with Crippen molar-refractivity contribution in [3.8, 4) is 0 Å². The number of Topliss-reactive ketones (excluding diaryl/α,β-unsaturated/α-hetero) is 1. The Hall–Kier alpha value is -0.660. The highest BCUT2D eigenvalue weighted by molar-refractivity contribution is 5.95. The van der Waals surface area contributed by atoms with Gasteiger partial charge in [0.1, 0.15) is 11.6 Å². The first-order valence-electron chi connectivity index (χ1n) is 6.19. The number of methoxy groups -OCH3 is 1. The lowest BCUT2D eigenvalue weighted by atomic mass is 9.61. The summed E-state index contributed by atoms with van der Waals surface area (Å²) in [5, 5.41) is 9.55. The van der Waals surface area contributed by atoms with Gasteiger partial charge in [-0.25, -0.2) is 0 Å². The molecule has 1 unspecified atom stereocenters. The molecule has 1 N–H and O–H groups in total. The van der Waals surface area contributed by atoms with Crippen molar-refractivity contribution in [3.63, 3.8) is 0 Å². The number of piperidine rings is 3. The number of aliphatic hydroxyl groups is 1. The molecule has 0 amide bonds. The maximum Gasteiger partial charge on any atom is 0.404 e. The van der Waals surface area contributed by atoms with E-state index in [1.165, 1.54) is 7.11 Å². The molecule has 19 heavy (non-hydrogen) atoms. The van der Waals surface area contributed by atoms with Crippen LogP contribution in [0, 0.1) is 5.41 Å². The van der Waals surface area contributed by atoms with Crippen molar-refractivity contribution < 1.29 is 27.8 Å². The highest BCUT2D eigenvalue weighted by atomic mass is 19.4. The summed E-state index contributed by atoms with van der Waals surface area (Å²) >= 11 is 0. The predicted molar refractivity (Wildman–Crippen MR) is 60.6 cm³/mol. The number of aliphatic hydroxyl groups excluding tert-OH is 1. The third kappa shape index (κ3) is 1.98. The third-order valence-corrected chi connectivity index (χ3v) is 4.47. The van der Waals surface area contributed by atoms with Gasteiger partial charge in [-0.15, -0.1) is 0 Å². The summed E-state index contributed by atoms with van der Waals surface area (Å²) in [6.45, 7) is 0.841. The Morgan fingerprint density at radius 2 is 2.16 bits per heavy atom. The Kier molecular flexibility index (Phi) is 3.43. The molecule has 0 radical (unpaired) electrons. The second-order valence-corrected chi connectivity index (χ2v) is 5.72. The number of nitrogens with zero attached hydrogens (tertiary/aromatic N) is 1. The van der Waals surface area contributed by atoms with Crippen molar-refractivity contribution in [2.45, 2.75) is 37.5 Å². The Bertz CT molecular complexity index is 387. The third-order valence-electron chi connectivity index (χ3n) is 4.47. The minimum atomic E-state index is -4.41. The van der Waals surface area contributed by atoms with Crippen molar-refractivity contribution in [1.29, 1.82) is 0 Å². The molecule has 2 bridgehead atoms. The van der Waals surface area contributed by atoms with Gasteiger partial charge in [-0.3, -0.25) is 9.69 Å². The van der Waals surface area contributed by atoms with Gasteiger partial charge in [0.05, 0.1) is 13.2 Å².